The second-order valence-corrected chi connectivity index (χ2v) is 6.67. The van der Waals surface area contributed by atoms with Crippen LogP contribution in [0.15, 0.2) is 60.7 Å². The monoisotopic (exact) mass is 366 g/mol. The van der Waals surface area contributed by atoms with Gasteiger partial charge in [-0.2, -0.15) is 0 Å². The van der Waals surface area contributed by atoms with Crippen LogP contribution in [0.4, 0.5) is 0 Å². The highest BCUT2D eigenvalue weighted by atomic mass is 15.4. The van der Waals surface area contributed by atoms with Gasteiger partial charge in [0.25, 0.3) is 0 Å². The van der Waals surface area contributed by atoms with Crippen molar-refractivity contribution in [3.63, 3.8) is 0 Å². The molecule has 0 aliphatic heterocycles. The van der Waals surface area contributed by atoms with Crippen molar-refractivity contribution in [3.05, 3.63) is 94.6 Å². The zero-order valence-electron chi connectivity index (χ0n) is 15.2. The number of rotatable bonds is 4. The van der Waals surface area contributed by atoms with Gasteiger partial charge in [-0.1, -0.05) is 71.1 Å². The number of hydrogen-bond acceptors (Lipinski definition) is 4. The summed E-state index contributed by atoms with van der Waals surface area (Å²) in [5.74, 6) is 0. The van der Waals surface area contributed by atoms with Gasteiger partial charge in [0, 0.05) is 0 Å². The van der Waals surface area contributed by atoms with Gasteiger partial charge in [0.2, 0.25) is 0 Å². The van der Waals surface area contributed by atoms with Gasteiger partial charge in [0.15, 0.2) is 0 Å². The van der Waals surface area contributed by atoms with E-state index in [1.165, 1.54) is 11.1 Å². The van der Waals surface area contributed by atoms with Gasteiger partial charge in [-0.05, 0) is 35.4 Å². The Morgan fingerprint density at radius 3 is 1.39 bits per heavy atom. The minimum Gasteiger partial charge on any atom is -0.240 e. The molecule has 2 heterocycles. The molecule has 0 amide bonds. The normalized spacial score (nSPS) is 12.3. The van der Waals surface area contributed by atoms with Gasteiger partial charge in [-0.15, -0.1) is 10.2 Å². The Bertz CT molecular complexity index is 1060. The maximum Gasteiger partial charge on any atom is 0.113 e. The number of hydrogen-bond donors (Lipinski definition) is 0. The van der Waals surface area contributed by atoms with Crippen molar-refractivity contribution in [2.24, 2.45) is 0 Å². The van der Waals surface area contributed by atoms with Crippen LogP contribution >= 0.6 is 0 Å². The second-order valence-electron chi connectivity index (χ2n) is 6.67. The maximum atomic E-state index is 4.34. The van der Waals surface area contributed by atoms with E-state index in [0.29, 0.717) is 13.1 Å². The average Bonchev–Trinajstić information content (AvgIpc) is 3.27. The summed E-state index contributed by atoms with van der Waals surface area (Å²) in [5.41, 5.74) is 5.97. The van der Waals surface area contributed by atoms with E-state index in [-0.39, 0.29) is 0 Å². The largest absolute Gasteiger partial charge is 0.240 e. The first kappa shape index (κ1) is 16.4. The molecule has 5 rings (SSSR count). The highest BCUT2D eigenvalue weighted by molar-refractivity contribution is 5.81. The van der Waals surface area contributed by atoms with Crippen LogP contribution in [0.2, 0.25) is 0 Å². The first-order chi connectivity index (χ1) is 13.9. The van der Waals surface area contributed by atoms with E-state index in [2.05, 4.69) is 44.9 Å². The lowest BCUT2D eigenvalue weighted by Gasteiger charge is -2.07. The van der Waals surface area contributed by atoms with E-state index < -0.39 is 0 Å². The molecular formula is C22H18N6. The highest BCUT2D eigenvalue weighted by Crippen LogP contribution is 2.21. The summed E-state index contributed by atoms with van der Waals surface area (Å²) in [6.07, 6.45) is 8.00. The smallest absolute Gasteiger partial charge is 0.113 e. The fraction of sp³-hybridized carbons (Fsp3) is 0.0909. The molecule has 0 unspecified atom stereocenters. The quantitative estimate of drug-likeness (QED) is 0.487. The van der Waals surface area contributed by atoms with E-state index in [1.54, 1.807) is 0 Å². The van der Waals surface area contributed by atoms with E-state index >= 15 is 0 Å². The molecule has 136 valence electrons. The van der Waals surface area contributed by atoms with Crippen LogP contribution in [0.5, 0.6) is 0 Å². The first-order valence-electron chi connectivity index (χ1n) is 9.18. The third-order valence-electron chi connectivity index (χ3n) is 4.75. The summed E-state index contributed by atoms with van der Waals surface area (Å²) < 4.78 is 3.84. The van der Waals surface area contributed by atoms with Crippen LogP contribution in [0.3, 0.4) is 0 Å². The Labute approximate surface area is 162 Å². The average molecular weight is 366 g/mol. The molecule has 2 aromatic heterocycles. The molecule has 0 saturated carbocycles. The summed E-state index contributed by atoms with van der Waals surface area (Å²) in [6, 6.07) is 20.5. The molecule has 1 aliphatic rings. The zero-order valence-corrected chi connectivity index (χ0v) is 15.2. The van der Waals surface area contributed by atoms with Crippen molar-refractivity contribution in [2.75, 3.05) is 0 Å². The van der Waals surface area contributed by atoms with Crippen LogP contribution in [-0.2, 0) is 13.1 Å². The van der Waals surface area contributed by atoms with Crippen molar-refractivity contribution in [3.8, 4) is 0 Å². The summed E-state index contributed by atoms with van der Waals surface area (Å²) >= 11 is 0. The molecule has 1 aliphatic carbocycles. The summed E-state index contributed by atoms with van der Waals surface area (Å²) in [7, 11) is 0. The lowest BCUT2D eigenvalue weighted by atomic mass is 10.1. The third kappa shape index (κ3) is 3.16. The minimum absolute atomic E-state index is 0.676. The number of nitrogens with zero attached hydrogens (tertiary/aromatic N) is 6. The topological polar surface area (TPSA) is 61.4 Å². The Kier molecular flexibility index (Phi) is 4.14. The van der Waals surface area contributed by atoms with E-state index in [0.717, 1.165) is 22.8 Å². The lowest BCUT2D eigenvalue weighted by molar-refractivity contribution is 0.643. The molecule has 2 aromatic carbocycles. The van der Waals surface area contributed by atoms with E-state index in [1.807, 2.05) is 70.1 Å². The summed E-state index contributed by atoms with van der Waals surface area (Å²) in [5, 5.41) is 17.3. The number of benzene rings is 2. The van der Waals surface area contributed by atoms with Gasteiger partial charge in [0.05, 0.1) is 24.5 Å². The van der Waals surface area contributed by atoms with Crippen molar-refractivity contribution in [2.45, 2.75) is 13.1 Å². The molecule has 0 spiro atoms. The Balaban J connectivity index is 1.48. The lowest BCUT2D eigenvalue weighted by Crippen LogP contribution is -2.06. The first-order valence-corrected chi connectivity index (χ1v) is 9.18. The van der Waals surface area contributed by atoms with Crippen molar-refractivity contribution in [1.82, 2.24) is 30.0 Å². The SMILES string of the molecule is C1=Cc2nnn(Cc3ccccc3)c2C=Cc2c1nnn2Cc1ccccc1. The molecule has 6 heteroatoms. The van der Waals surface area contributed by atoms with Gasteiger partial charge < -0.3 is 0 Å². The van der Waals surface area contributed by atoms with Crippen LogP contribution < -0.4 is 0 Å². The van der Waals surface area contributed by atoms with Gasteiger partial charge in [-0.3, -0.25) is 0 Å². The molecule has 28 heavy (non-hydrogen) atoms. The molecular weight excluding hydrogens is 348 g/mol. The zero-order chi connectivity index (χ0) is 18.8. The van der Waals surface area contributed by atoms with Crippen LogP contribution in [0, 0.1) is 0 Å². The molecule has 0 saturated heterocycles. The molecule has 0 radical (unpaired) electrons. The Morgan fingerprint density at radius 2 is 0.964 bits per heavy atom. The van der Waals surface area contributed by atoms with E-state index in [9.17, 15) is 0 Å². The number of aromatic nitrogens is 6. The standard InChI is InChI=1S/C22H18N6/c1-3-7-17(8-4-1)15-27-21-13-14-22-20(12-11-19(21)23-25-27)24-26-28(22)16-18-9-5-2-6-10-18/h1-14H,15-16H2. The summed E-state index contributed by atoms with van der Waals surface area (Å²) in [6.45, 7) is 1.35. The maximum absolute atomic E-state index is 4.34. The van der Waals surface area contributed by atoms with E-state index in [4.69, 9.17) is 0 Å². The van der Waals surface area contributed by atoms with Crippen LogP contribution in [0.1, 0.15) is 33.9 Å². The Morgan fingerprint density at radius 1 is 0.536 bits per heavy atom. The molecule has 0 fully saturated rings. The fourth-order valence-corrected chi connectivity index (χ4v) is 3.31. The highest BCUT2D eigenvalue weighted by Gasteiger charge is 2.15. The van der Waals surface area contributed by atoms with Crippen molar-refractivity contribution in [1.29, 1.82) is 0 Å². The van der Waals surface area contributed by atoms with Gasteiger partial charge >= 0.3 is 0 Å². The predicted octanol–water partition coefficient (Wildman–Crippen LogP) is 3.62. The minimum atomic E-state index is 0.676. The molecule has 0 atom stereocenters. The second kappa shape index (κ2) is 7.08. The molecule has 6 nitrogen and oxygen atoms in total. The van der Waals surface area contributed by atoms with Crippen LogP contribution in [-0.4, -0.2) is 30.0 Å². The van der Waals surface area contributed by atoms with Crippen LogP contribution in [0.25, 0.3) is 24.3 Å². The summed E-state index contributed by atoms with van der Waals surface area (Å²) in [4.78, 5) is 0. The fourth-order valence-electron chi connectivity index (χ4n) is 3.31. The van der Waals surface area contributed by atoms with Crippen molar-refractivity contribution >= 4 is 24.3 Å². The molecule has 0 bridgehead atoms. The predicted molar refractivity (Wildman–Crippen MR) is 109 cm³/mol. The number of fused-ring (bicyclic) bond motifs is 2. The Hall–Kier alpha value is -3.80. The molecule has 0 N–H and O–H groups in total. The van der Waals surface area contributed by atoms with Crippen molar-refractivity contribution < 1.29 is 0 Å². The van der Waals surface area contributed by atoms with Gasteiger partial charge in [0.1, 0.15) is 11.4 Å². The third-order valence-corrected chi connectivity index (χ3v) is 4.75. The van der Waals surface area contributed by atoms with Gasteiger partial charge in [-0.25, -0.2) is 9.36 Å². The molecule has 4 aromatic rings.